The Bertz CT molecular complexity index is 1200. The van der Waals surface area contributed by atoms with Crippen LogP contribution in [0.4, 0.5) is 5.13 Å². The van der Waals surface area contributed by atoms with Crippen molar-refractivity contribution in [1.82, 2.24) is 19.7 Å². The smallest absolute Gasteiger partial charge is 0.259 e. The molecule has 8 heteroatoms. The zero-order valence-corrected chi connectivity index (χ0v) is 16.1. The van der Waals surface area contributed by atoms with Gasteiger partial charge in [0.25, 0.3) is 5.91 Å². The standard InChI is InChI=1S/C20H16N6OS/c1-12(2)26-18-15(10-23-26)7-16(9-22-18)19(27)25-20-24-17(11-28-20)14-5-3-13(8-21)4-6-14/h3-7,9-12H,1-2H3,(H,24,25,27). The molecule has 1 amide bonds. The number of rotatable bonds is 4. The van der Waals surface area contributed by atoms with Crippen molar-refractivity contribution < 1.29 is 4.79 Å². The lowest BCUT2D eigenvalue weighted by Gasteiger charge is -2.06. The Morgan fingerprint density at radius 3 is 2.75 bits per heavy atom. The van der Waals surface area contributed by atoms with Gasteiger partial charge in [-0.3, -0.25) is 10.1 Å². The second-order valence-corrected chi connectivity index (χ2v) is 7.36. The molecule has 0 spiro atoms. The average Bonchev–Trinajstić information content (AvgIpc) is 3.34. The quantitative estimate of drug-likeness (QED) is 0.563. The zero-order chi connectivity index (χ0) is 19.7. The van der Waals surface area contributed by atoms with Gasteiger partial charge in [-0.25, -0.2) is 14.6 Å². The van der Waals surface area contributed by atoms with Crippen molar-refractivity contribution in [3.05, 3.63) is 59.2 Å². The van der Waals surface area contributed by atoms with Crippen LogP contribution in [0.5, 0.6) is 0 Å². The molecular weight excluding hydrogens is 372 g/mol. The van der Waals surface area contributed by atoms with E-state index in [-0.39, 0.29) is 11.9 Å². The molecular formula is C20H16N6OS. The first-order valence-electron chi connectivity index (χ1n) is 8.66. The number of carbonyl (C=O) groups excluding carboxylic acids is 1. The second kappa shape index (κ2) is 7.21. The van der Waals surface area contributed by atoms with Crippen LogP contribution in [0.3, 0.4) is 0 Å². The number of thiazole rings is 1. The van der Waals surface area contributed by atoms with E-state index in [9.17, 15) is 4.79 Å². The van der Waals surface area contributed by atoms with E-state index >= 15 is 0 Å². The fraction of sp³-hybridized carbons (Fsp3) is 0.150. The van der Waals surface area contributed by atoms with Crippen LogP contribution in [0.15, 0.2) is 48.1 Å². The molecule has 0 bridgehead atoms. The summed E-state index contributed by atoms with van der Waals surface area (Å²) in [7, 11) is 0. The zero-order valence-electron chi connectivity index (χ0n) is 15.2. The van der Waals surface area contributed by atoms with Crippen molar-refractivity contribution in [2.24, 2.45) is 0 Å². The van der Waals surface area contributed by atoms with E-state index in [0.29, 0.717) is 16.3 Å². The van der Waals surface area contributed by atoms with E-state index in [4.69, 9.17) is 5.26 Å². The highest BCUT2D eigenvalue weighted by atomic mass is 32.1. The first kappa shape index (κ1) is 17.8. The Hall–Kier alpha value is -3.57. The van der Waals surface area contributed by atoms with Gasteiger partial charge in [0.2, 0.25) is 0 Å². The number of fused-ring (bicyclic) bond motifs is 1. The number of nitrogens with one attached hydrogen (secondary N) is 1. The highest BCUT2D eigenvalue weighted by molar-refractivity contribution is 7.14. The minimum Gasteiger partial charge on any atom is -0.298 e. The summed E-state index contributed by atoms with van der Waals surface area (Å²) in [6.45, 7) is 4.06. The maximum Gasteiger partial charge on any atom is 0.259 e. The van der Waals surface area contributed by atoms with Crippen molar-refractivity contribution >= 4 is 33.4 Å². The largest absolute Gasteiger partial charge is 0.298 e. The lowest BCUT2D eigenvalue weighted by atomic mass is 10.1. The van der Waals surface area contributed by atoms with Crippen LogP contribution in [0.1, 0.15) is 35.8 Å². The molecule has 3 heterocycles. The van der Waals surface area contributed by atoms with Gasteiger partial charge >= 0.3 is 0 Å². The molecule has 4 aromatic rings. The summed E-state index contributed by atoms with van der Waals surface area (Å²) in [6, 6.07) is 11.2. The van der Waals surface area contributed by atoms with Crippen molar-refractivity contribution in [3.63, 3.8) is 0 Å². The van der Waals surface area contributed by atoms with Gasteiger partial charge < -0.3 is 0 Å². The van der Waals surface area contributed by atoms with Gasteiger partial charge in [0.15, 0.2) is 10.8 Å². The highest BCUT2D eigenvalue weighted by Gasteiger charge is 2.14. The molecule has 0 aliphatic heterocycles. The number of nitrogens with zero attached hydrogens (tertiary/aromatic N) is 5. The van der Waals surface area contributed by atoms with Gasteiger partial charge in [-0.1, -0.05) is 12.1 Å². The third-order valence-electron chi connectivity index (χ3n) is 4.22. The summed E-state index contributed by atoms with van der Waals surface area (Å²) in [5, 5.41) is 19.2. The van der Waals surface area contributed by atoms with Gasteiger partial charge in [0.1, 0.15) is 0 Å². The van der Waals surface area contributed by atoms with Crippen molar-refractivity contribution in [3.8, 4) is 17.3 Å². The van der Waals surface area contributed by atoms with Crippen molar-refractivity contribution in [2.45, 2.75) is 19.9 Å². The Morgan fingerprint density at radius 2 is 2.04 bits per heavy atom. The number of nitriles is 1. The molecule has 0 radical (unpaired) electrons. The van der Waals surface area contributed by atoms with E-state index in [0.717, 1.165) is 22.3 Å². The maximum atomic E-state index is 12.6. The number of anilines is 1. The van der Waals surface area contributed by atoms with Crippen LogP contribution in [0, 0.1) is 11.3 Å². The molecule has 4 rings (SSSR count). The van der Waals surface area contributed by atoms with Crippen LogP contribution in [-0.4, -0.2) is 25.7 Å². The summed E-state index contributed by atoms with van der Waals surface area (Å²) in [5.74, 6) is -0.271. The second-order valence-electron chi connectivity index (χ2n) is 6.50. The number of amides is 1. The summed E-state index contributed by atoms with van der Waals surface area (Å²) < 4.78 is 1.82. The molecule has 1 N–H and O–H groups in total. The Labute approximate surface area is 165 Å². The number of benzene rings is 1. The molecule has 7 nitrogen and oxygen atoms in total. The maximum absolute atomic E-state index is 12.6. The monoisotopic (exact) mass is 388 g/mol. The van der Waals surface area contributed by atoms with Gasteiger partial charge in [-0.2, -0.15) is 10.4 Å². The van der Waals surface area contributed by atoms with Gasteiger partial charge in [-0.05, 0) is 32.0 Å². The van der Waals surface area contributed by atoms with E-state index in [1.165, 1.54) is 11.3 Å². The van der Waals surface area contributed by atoms with Crippen molar-refractivity contribution in [1.29, 1.82) is 5.26 Å². The van der Waals surface area contributed by atoms with E-state index in [1.54, 1.807) is 30.6 Å². The Balaban J connectivity index is 1.53. The third-order valence-corrected chi connectivity index (χ3v) is 4.98. The fourth-order valence-corrected chi connectivity index (χ4v) is 3.51. The first-order chi connectivity index (χ1) is 13.5. The summed E-state index contributed by atoms with van der Waals surface area (Å²) >= 11 is 1.34. The van der Waals surface area contributed by atoms with Gasteiger partial charge in [0, 0.05) is 28.6 Å². The molecule has 0 saturated carbocycles. The molecule has 28 heavy (non-hydrogen) atoms. The molecule has 0 saturated heterocycles. The van der Waals surface area contributed by atoms with Crippen LogP contribution in [0.25, 0.3) is 22.3 Å². The van der Waals surface area contributed by atoms with Crippen LogP contribution < -0.4 is 5.32 Å². The summed E-state index contributed by atoms with van der Waals surface area (Å²) in [6.07, 6.45) is 3.26. The van der Waals surface area contributed by atoms with Gasteiger partial charge in [-0.15, -0.1) is 11.3 Å². The molecule has 138 valence electrons. The molecule has 3 aromatic heterocycles. The fourth-order valence-electron chi connectivity index (χ4n) is 2.79. The predicted molar refractivity (Wildman–Crippen MR) is 108 cm³/mol. The molecule has 0 fully saturated rings. The Kier molecular flexibility index (Phi) is 4.59. The Morgan fingerprint density at radius 1 is 1.25 bits per heavy atom. The summed E-state index contributed by atoms with van der Waals surface area (Å²) in [5.41, 5.74) is 3.43. The summed E-state index contributed by atoms with van der Waals surface area (Å²) in [4.78, 5) is 21.4. The lowest BCUT2D eigenvalue weighted by Crippen LogP contribution is -2.12. The topological polar surface area (TPSA) is 96.5 Å². The predicted octanol–water partition coefficient (Wildman–Crippen LogP) is 4.26. The third kappa shape index (κ3) is 3.35. The number of hydrogen-bond acceptors (Lipinski definition) is 6. The minimum absolute atomic E-state index is 0.195. The van der Waals surface area contributed by atoms with Crippen molar-refractivity contribution in [2.75, 3.05) is 5.32 Å². The number of aromatic nitrogens is 4. The van der Waals surface area contributed by atoms with Gasteiger partial charge in [0.05, 0.1) is 29.1 Å². The normalized spacial score (nSPS) is 10.9. The highest BCUT2D eigenvalue weighted by Crippen LogP contribution is 2.26. The van der Waals surface area contributed by atoms with Crippen LogP contribution >= 0.6 is 11.3 Å². The molecule has 0 atom stereocenters. The van der Waals surface area contributed by atoms with E-state index < -0.39 is 0 Å². The van der Waals surface area contributed by atoms with E-state index in [2.05, 4.69) is 26.5 Å². The molecule has 0 aliphatic carbocycles. The number of carbonyl (C=O) groups is 1. The average molecular weight is 388 g/mol. The van der Waals surface area contributed by atoms with Crippen LogP contribution in [0.2, 0.25) is 0 Å². The first-order valence-corrected chi connectivity index (χ1v) is 9.54. The molecule has 0 aliphatic rings. The van der Waals surface area contributed by atoms with Crippen LogP contribution in [-0.2, 0) is 0 Å². The SMILES string of the molecule is CC(C)n1ncc2cc(C(=O)Nc3nc(-c4ccc(C#N)cc4)cs3)cnc21. The van der Waals surface area contributed by atoms with E-state index in [1.807, 2.05) is 36.0 Å². The number of hydrogen-bond donors (Lipinski definition) is 1. The molecule has 1 aromatic carbocycles. The minimum atomic E-state index is -0.271. The lowest BCUT2D eigenvalue weighted by molar-refractivity contribution is 0.102. The number of pyridine rings is 1. The molecule has 0 unspecified atom stereocenters.